The average Bonchev–Trinajstić information content (AvgIpc) is 3.29. The third-order valence-electron chi connectivity index (χ3n) is 4.68. The lowest BCUT2D eigenvalue weighted by atomic mass is 9.94. The molecule has 3 rings (SSSR count). The molecule has 0 bridgehead atoms. The Morgan fingerprint density at radius 1 is 1.43 bits per heavy atom. The number of nitrogens with zero attached hydrogens (tertiary/aromatic N) is 1. The van der Waals surface area contributed by atoms with Gasteiger partial charge in [-0.2, -0.15) is 0 Å². The van der Waals surface area contributed by atoms with Crippen molar-refractivity contribution < 1.29 is 4.74 Å². The molecule has 4 heteroatoms. The molecule has 1 saturated heterocycles. The molecule has 1 aliphatic carbocycles. The van der Waals surface area contributed by atoms with E-state index in [0.717, 1.165) is 49.2 Å². The molecule has 21 heavy (non-hydrogen) atoms. The van der Waals surface area contributed by atoms with Gasteiger partial charge in [0.15, 0.2) is 0 Å². The highest BCUT2D eigenvalue weighted by molar-refractivity contribution is 6.33. The molecule has 1 aliphatic heterocycles. The first-order valence-electron chi connectivity index (χ1n) is 7.91. The van der Waals surface area contributed by atoms with Gasteiger partial charge >= 0.3 is 0 Å². The Morgan fingerprint density at radius 2 is 2.24 bits per heavy atom. The molecule has 1 heterocycles. The van der Waals surface area contributed by atoms with E-state index >= 15 is 0 Å². The SMILES string of the molecule is COC1(C)CCCN(c2ccc(CNC3CC3)cc2Cl)C1. The molecule has 0 amide bonds. The van der Waals surface area contributed by atoms with E-state index in [1.807, 2.05) is 0 Å². The molecule has 116 valence electrons. The van der Waals surface area contributed by atoms with E-state index < -0.39 is 0 Å². The minimum atomic E-state index is -0.0617. The number of benzene rings is 1. The van der Waals surface area contributed by atoms with E-state index in [0.29, 0.717) is 0 Å². The average molecular weight is 309 g/mol. The summed E-state index contributed by atoms with van der Waals surface area (Å²) in [5.74, 6) is 0. The quantitative estimate of drug-likeness (QED) is 0.899. The summed E-state index contributed by atoms with van der Waals surface area (Å²) in [6.45, 7) is 5.06. The summed E-state index contributed by atoms with van der Waals surface area (Å²) < 4.78 is 5.67. The van der Waals surface area contributed by atoms with E-state index in [1.54, 1.807) is 7.11 Å². The van der Waals surface area contributed by atoms with E-state index in [1.165, 1.54) is 18.4 Å². The first-order valence-corrected chi connectivity index (χ1v) is 8.29. The van der Waals surface area contributed by atoms with Gasteiger partial charge < -0.3 is 15.0 Å². The second-order valence-corrected chi connectivity index (χ2v) is 7.03. The second kappa shape index (κ2) is 6.15. The fourth-order valence-corrected chi connectivity index (χ4v) is 3.37. The van der Waals surface area contributed by atoms with Crippen LogP contribution in [0.1, 0.15) is 38.2 Å². The van der Waals surface area contributed by atoms with Crippen molar-refractivity contribution in [3.05, 3.63) is 28.8 Å². The molecular weight excluding hydrogens is 284 g/mol. The first-order chi connectivity index (χ1) is 10.1. The van der Waals surface area contributed by atoms with Gasteiger partial charge in [0.25, 0.3) is 0 Å². The Hall–Kier alpha value is -0.770. The van der Waals surface area contributed by atoms with Crippen LogP contribution in [-0.2, 0) is 11.3 Å². The number of halogens is 1. The molecule has 1 N–H and O–H groups in total. The zero-order valence-electron chi connectivity index (χ0n) is 13.0. The molecule has 2 fully saturated rings. The van der Waals surface area contributed by atoms with Crippen LogP contribution in [0.3, 0.4) is 0 Å². The summed E-state index contributed by atoms with van der Waals surface area (Å²) >= 11 is 6.52. The summed E-state index contributed by atoms with van der Waals surface area (Å²) in [7, 11) is 1.80. The topological polar surface area (TPSA) is 24.5 Å². The molecule has 3 nitrogen and oxygen atoms in total. The lowest BCUT2D eigenvalue weighted by Crippen LogP contribution is -2.47. The van der Waals surface area contributed by atoms with Crippen LogP contribution in [0.25, 0.3) is 0 Å². The summed E-state index contributed by atoms with van der Waals surface area (Å²) in [6, 6.07) is 7.18. The predicted molar refractivity (Wildman–Crippen MR) is 88.2 cm³/mol. The van der Waals surface area contributed by atoms with Gasteiger partial charge in [0, 0.05) is 32.8 Å². The van der Waals surface area contributed by atoms with Gasteiger partial charge in [0.05, 0.1) is 16.3 Å². The Labute approximate surface area is 132 Å². The van der Waals surface area contributed by atoms with E-state index in [9.17, 15) is 0 Å². The maximum atomic E-state index is 6.52. The van der Waals surface area contributed by atoms with Crippen LogP contribution >= 0.6 is 11.6 Å². The number of piperidine rings is 1. The first kappa shape index (κ1) is 15.1. The van der Waals surface area contributed by atoms with Crippen molar-refractivity contribution in [2.75, 3.05) is 25.1 Å². The minimum absolute atomic E-state index is 0.0617. The molecule has 1 saturated carbocycles. The van der Waals surface area contributed by atoms with E-state index in [2.05, 4.69) is 35.3 Å². The van der Waals surface area contributed by atoms with Crippen LogP contribution in [0, 0.1) is 0 Å². The van der Waals surface area contributed by atoms with Crippen LogP contribution in [0.15, 0.2) is 18.2 Å². The Balaban J connectivity index is 1.69. The predicted octanol–water partition coefficient (Wildman–Crippen LogP) is 3.60. The monoisotopic (exact) mass is 308 g/mol. The molecular formula is C17H25ClN2O. The van der Waals surface area contributed by atoms with Gasteiger partial charge in [0.2, 0.25) is 0 Å². The normalized spacial score (nSPS) is 26.1. The van der Waals surface area contributed by atoms with Crippen molar-refractivity contribution >= 4 is 17.3 Å². The zero-order valence-corrected chi connectivity index (χ0v) is 13.7. The highest BCUT2D eigenvalue weighted by atomic mass is 35.5. The number of nitrogens with one attached hydrogen (secondary N) is 1. The number of anilines is 1. The molecule has 2 aliphatic rings. The van der Waals surface area contributed by atoms with Crippen LogP contribution in [-0.4, -0.2) is 31.8 Å². The van der Waals surface area contributed by atoms with Crippen LogP contribution in [0.2, 0.25) is 5.02 Å². The smallest absolute Gasteiger partial charge is 0.0825 e. The summed E-state index contributed by atoms with van der Waals surface area (Å²) in [4.78, 5) is 2.35. The van der Waals surface area contributed by atoms with Gasteiger partial charge in [-0.15, -0.1) is 0 Å². The van der Waals surface area contributed by atoms with E-state index in [4.69, 9.17) is 16.3 Å². The minimum Gasteiger partial charge on any atom is -0.377 e. The largest absolute Gasteiger partial charge is 0.377 e. The third kappa shape index (κ3) is 3.71. The molecule has 0 radical (unpaired) electrons. The molecule has 0 spiro atoms. The van der Waals surface area contributed by atoms with Crippen LogP contribution in [0.4, 0.5) is 5.69 Å². The number of hydrogen-bond donors (Lipinski definition) is 1. The molecule has 1 unspecified atom stereocenters. The zero-order chi connectivity index (χ0) is 14.9. The van der Waals surface area contributed by atoms with Crippen molar-refractivity contribution in [1.29, 1.82) is 0 Å². The fraction of sp³-hybridized carbons (Fsp3) is 0.647. The fourth-order valence-electron chi connectivity index (χ4n) is 3.04. The standard InChI is InChI=1S/C17H25ClN2O/c1-17(21-2)8-3-9-20(12-17)16-7-4-13(10-15(16)18)11-19-14-5-6-14/h4,7,10,14,19H,3,5-6,8-9,11-12H2,1-2H3. The third-order valence-corrected chi connectivity index (χ3v) is 4.98. The summed E-state index contributed by atoms with van der Waals surface area (Å²) in [5.41, 5.74) is 2.34. The number of methoxy groups -OCH3 is 1. The summed E-state index contributed by atoms with van der Waals surface area (Å²) in [6.07, 6.45) is 4.89. The highest BCUT2D eigenvalue weighted by Gasteiger charge is 2.31. The van der Waals surface area contributed by atoms with Crippen LogP contribution in [0.5, 0.6) is 0 Å². The lowest BCUT2D eigenvalue weighted by molar-refractivity contribution is -0.00464. The van der Waals surface area contributed by atoms with Crippen molar-refractivity contribution in [2.45, 2.75) is 50.8 Å². The second-order valence-electron chi connectivity index (χ2n) is 6.62. The van der Waals surface area contributed by atoms with Crippen molar-refractivity contribution in [2.24, 2.45) is 0 Å². The van der Waals surface area contributed by atoms with Crippen LogP contribution < -0.4 is 10.2 Å². The maximum absolute atomic E-state index is 6.52. The number of rotatable bonds is 5. The number of ether oxygens (including phenoxy) is 1. The maximum Gasteiger partial charge on any atom is 0.0825 e. The van der Waals surface area contributed by atoms with Crippen molar-refractivity contribution in [1.82, 2.24) is 5.32 Å². The van der Waals surface area contributed by atoms with Crippen molar-refractivity contribution in [3.63, 3.8) is 0 Å². The van der Waals surface area contributed by atoms with Crippen molar-refractivity contribution in [3.8, 4) is 0 Å². The van der Waals surface area contributed by atoms with Gasteiger partial charge in [-0.3, -0.25) is 0 Å². The van der Waals surface area contributed by atoms with Gasteiger partial charge in [-0.05, 0) is 50.3 Å². The van der Waals surface area contributed by atoms with Gasteiger partial charge in [-0.1, -0.05) is 17.7 Å². The Morgan fingerprint density at radius 3 is 2.90 bits per heavy atom. The van der Waals surface area contributed by atoms with E-state index in [-0.39, 0.29) is 5.60 Å². The molecule has 1 aromatic rings. The Kier molecular flexibility index (Phi) is 4.43. The molecule has 1 atom stereocenters. The Bertz CT molecular complexity index is 504. The van der Waals surface area contributed by atoms with Gasteiger partial charge in [0.1, 0.15) is 0 Å². The van der Waals surface area contributed by atoms with Gasteiger partial charge in [-0.25, -0.2) is 0 Å². The summed E-state index contributed by atoms with van der Waals surface area (Å²) in [5, 5.41) is 4.38. The number of hydrogen-bond acceptors (Lipinski definition) is 3. The lowest BCUT2D eigenvalue weighted by Gasteiger charge is -2.41. The molecule has 0 aromatic heterocycles. The highest BCUT2D eigenvalue weighted by Crippen LogP contribution is 2.33. The molecule has 1 aromatic carbocycles.